The molecule has 2 atom stereocenters. The van der Waals surface area contributed by atoms with Crippen molar-refractivity contribution >= 4 is 28.8 Å². The largest absolute Gasteiger partial charge is 0.389 e. The molecule has 0 saturated heterocycles. The Morgan fingerprint density at radius 2 is 1.85 bits per heavy atom. The number of hydrogen-bond donors (Lipinski definition) is 1. The minimum absolute atomic E-state index is 0.224. The summed E-state index contributed by atoms with van der Waals surface area (Å²) in [5.41, 5.74) is 7.36. The fourth-order valence-electron chi connectivity index (χ4n) is 3.68. The second-order valence-electron chi connectivity index (χ2n) is 5.92. The summed E-state index contributed by atoms with van der Waals surface area (Å²) >= 11 is 5.08. The maximum atomic E-state index is 12.7. The minimum atomic E-state index is 0.224. The summed E-state index contributed by atoms with van der Waals surface area (Å²) in [5, 5.41) is 0. The number of fused-ring (bicyclic) bond motifs is 1. The molecule has 0 bridgehead atoms. The lowest BCUT2D eigenvalue weighted by atomic mass is 10.0. The van der Waals surface area contributed by atoms with E-state index < -0.39 is 0 Å². The van der Waals surface area contributed by atoms with Crippen LogP contribution in [0, 0.1) is 17.8 Å². The zero-order chi connectivity index (χ0) is 14.3. The first-order valence-electron chi connectivity index (χ1n) is 7.27. The van der Waals surface area contributed by atoms with E-state index in [0.717, 1.165) is 11.3 Å². The number of amides is 1. The first kappa shape index (κ1) is 13.6. The van der Waals surface area contributed by atoms with Crippen LogP contribution in [-0.2, 0) is 4.79 Å². The lowest BCUT2D eigenvalue weighted by Crippen LogP contribution is -2.30. The molecule has 106 valence electrons. The summed E-state index contributed by atoms with van der Waals surface area (Å²) < 4.78 is 0. The maximum absolute atomic E-state index is 12.7. The zero-order valence-corrected chi connectivity index (χ0v) is 12.5. The monoisotopic (exact) mass is 288 g/mol. The first-order chi connectivity index (χ1) is 9.61. The summed E-state index contributed by atoms with van der Waals surface area (Å²) in [7, 11) is 1.84. The van der Waals surface area contributed by atoms with Crippen LogP contribution in [0.4, 0.5) is 5.69 Å². The Kier molecular flexibility index (Phi) is 3.50. The van der Waals surface area contributed by atoms with Crippen LogP contribution in [-0.4, -0.2) is 17.9 Å². The summed E-state index contributed by atoms with van der Waals surface area (Å²) in [4.78, 5) is 14.8. The molecule has 1 amide bonds. The van der Waals surface area contributed by atoms with Crippen molar-refractivity contribution in [2.75, 3.05) is 11.9 Å². The highest BCUT2D eigenvalue weighted by Gasteiger charge is 2.55. The van der Waals surface area contributed by atoms with Crippen molar-refractivity contribution in [3.63, 3.8) is 0 Å². The van der Waals surface area contributed by atoms with Gasteiger partial charge in [0.25, 0.3) is 0 Å². The molecular formula is C16H20N2OS. The number of hydrogen-bond acceptors (Lipinski definition) is 2. The predicted octanol–water partition coefficient (Wildman–Crippen LogP) is 2.72. The molecule has 0 aliphatic heterocycles. The average Bonchev–Trinajstić information content (AvgIpc) is 3.20. The zero-order valence-electron chi connectivity index (χ0n) is 11.7. The van der Waals surface area contributed by atoms with Gasteiger partial charge in [-0.05, 0) is 36.8 Å². The Labute approximate surface area is 125 Å². The van der Waals surface area contributed by atoms with Crippen LogP contribution >= 0.6 is 12.2 Å². The van der Waals surface area contributed by atoms with Gasteiger partial charge in [-0.15, -0.1) is 0 Å². The number of benzene rings is 1. The van der Waals surface area contributed by atoms with Crippen molar-refractivity contribution in [1.29, 1.82) is 0 Å². The third-order valence-corrected chi connectivity index (χ3v) is 5.02. The molecule has 1 aromatic rings. The highest BCUT2D eigenvalue weighted by atomic mass is 32.1. The molecule has 2 fully saturated rings. The van der Waals surface area contributed by atoms with Crippen molar-refractivity contribution in [2.24, 2.45) is 23.5 Å². The number of rotatable bonds is 3. The van der Waals surface area contributed by atoms with E-state index in [4.69, 9.17) is 18.0 Å². The van der Waals surface area contributed by atoms with Crippen LogP contribution in [0.5, 0.6) is 0 Å². The smallest absolute Gasteiger partial charge is 0.230 e. The second-order valence-corrected chi connectivity index (χ2v) is 6.36. The van der Waals surface area contributed by atoms with E-state index in [1.54, 1.807) is 4.90 Å². The Bertz CT molecular complexity index is 545. The first-order valence-corrected chi connectivity index (χ1v) is 7.68. The maximum Gasteiger partial charge on any atom is 0.230 e. The number of anilines is 1. The Balaban J connectivity index is 1.81. The van der Waals surface area contributed by atoms with Gasteiger partial charge in [0.05, 0.1) is 5.69 Å². The molecule has 0 heterocycles. The van der Waals surface area contributed by atoms with Gasteiger partial charge in [0.1, 0.15) is 4.99 Å². The SMILES string of the molecule is CN(C(=O)C1C2CCCCC21)c1ccccc1C(N)=S. The topological polar surface area (TPSA) is 46.3 Å². The molecule has 20 heavy (non-hydrogen) atoms. The Morgan fingerprint density at radius 3 is 2.45 bits per heavy atom. The van der Waals surface area contributed by atoms with E-state index in [2.05, 4.69) is 0 Å². The quantitative estimate of drug-likeness (QED) is 0.870. The van der Waals surface area contributed by atoms with Gasteiger partial charge in [0.15, 0.2) is 0 Å². The fourth-order valence-corrected chi connectivity index (χ4v) is 3.85. The molecule has 0 spiro atoms. The van der Waals surface area contributed by atoms with Crippen molar-refractivity contribution < 1.29 is 4.79 Å². The van der Waals surface area contributed by atoms with Crippen molar-refractivity contribution in [1.82, 2.24) is 0 Å². The number of carbonyl (C=O) groups excluding carboxylic acids is 1. The van der Waals surface area contributed by atoms with E-state index in [-0.39, 0.29) is 11.8 Å². The highest BCUT2D eigenvalue weighted by molar-refractivity contribution is 7.80. The molecule has 2 N–H and O–H groups in total. The van der Waals surface area contributed by atoms with Gasteiger partial charge in [-0.1, -0.05) is 37.2 Å². The van der Waals surface area contributed by atoms with E-state index in [0.29, 0.717) is 16.8 Å². The third kappa shape index (κ3) is 2.22. The van der Waals surface area contributed by atoms with Crippen LogP contribution < -0.4 is 10.6 Å². The van der Waals surface area contributed by atoms with Gasteiger partial charge in [0, 0.05) is 18.5 Å². The van der Waals surface area contributed by atoms with Gasteiger partial charge >= 0.3 is 0 Å². The van der Waals surface area contributed by atoms with Crippen LogP contribution in [0.1, 0.15) is 31.2 Å². The van der Waals surface area contributed by atoms with Crippen LogP contribution in [0.15, 0.2) is 24.3 Å². The van der Waals surface area contributed by atoms with Gasteiger partial charge in [-0.25, -0.2) is 0 Å². The van der Waals surface area contributed by atoms with Crippen LogP contribution in [0.2, 0.25) is 0 Å². The predicted molar refractivity (Wildman–Crippen MR) is 84.7 cm³/mol. The lowest BCUT2D eigenvalue weighted by molar-refractivity contribution is -0.120. The molecular weight excluding hydrogens is 268 g/mol. The molecule has 0 radical (unpaired) electrons. The summed E-state index contributed by atoms with van der Waals surface area (Å²) in [6.07, 6.45) is 4.98. The summed E-state index contributed by atoms with van der Waals surface area (Å²) in [6.45, 7) is 0. The van der Waals surface area contributed by atoms with Crippen LogP contribution in [0.3, 0.4) is 0 Å². The molecule has 2 aliphatic rings. The number of carbonyl (C=O) groups is 1. The fraction of sp³-hybridized carbons (Fsp3) is 0.500. The molecule has 3 nitrogen and oxygen atoms in total. The van der Waals surface area contributed by atoms with Crippen molar-refractivity contribution in [2.45, 2.75) is 25.7 Å². The van der Waals surface area contributed by atoms with Gasteiger partial charge < -0.3 is 10.6 Å². The third-order valence-electron chi connectivity index (χ3n) is 4.80. The van der Waals surface area contributed by atoms with E-state index in [1.807, 2.05) is 31.3 Å². The number of nitrogens with zero attached hydrogens (tertiary/aromatic N) is 1. The average molecular weight is 288 g/mol. The number of thiocarbonyl (C=S) groups is 1. The van der Waals surface area contributed by atoms with Gasteiger partial charge in [-0.3, -0.25) is 4.79 Å². The molecule has 3 rings (SSSR count). The molecule has 2 aliphatic carbocycles. The molecule has 2 saturated carbocycles. The number of nitrogens with two attached hydrogens (primary N) is 1. The van der Waals surface area contributed by atoms with E-state index in [1.165, 1.54) is 25.7 Å². The van der Waals surface area contributed by atoms with E-state index in [9.17, 15) is 4.79 Å². The van der Waals surface area contributed by atoms with Crippen LogP contribution in [0.25, 0.3) is 0 Å². The summed E-state index contributed by atoms with van der Waals surface area (Å²) in [6, 6.07) is 7.61. The minimum Gasteiger partial charge on any atom is -0.389 e. The van der Waals surface area contributed by atoms with E-state index >= 15 is 0 Å². The van der Waals surface area contributed by atoms with Crippen molar-refractivity contribution in [3.05, 3.63) is 29.8 Å². The Hall–Kier alpha value is -1.42. The lowest BCUT2D eigenvalue weighted by Gasteiger charge is -2.20. The highest BCUT2D eigenvalue weighted by Crippen LogP contribution is 2.56. The number of para-hydroxylation sites is 1. The molecule has 1 aromatic carbocycles. The van der Waals surface area contributed by atoms with Gasteiger partial charge in [-0.2, -0.15) is 0 Å². The second kappa shape index (κ2) is 5.17. The standard InChI is InChI=1S/C16H20N2OS/c1-18(13-9-5-4-8-12(13)15(17)20)16(19)14-10-6-2-3-7-11(10)14/h4-5,8-11,14H,2-3,6-7H2,1H3,(H2,17,20). The Morgan fingerprint density at radius 1 is 1.25 bits per heavy atom. The molecule has 0 aromatic heterocycles. The molecule has 4 heteroatoms. The van der Waals surface area contributed by atoms with Gasteiger partial charge in [0.2, 0.25) is 5.91 Å². The summed E-state index contributed by atoms with van der Waals surface area (Å²) in [5.74, 6) is 1.69. The molecule has 2 unspecified atom stereocenters. The normalized spacial score (nSPS) is 27.6. The van der Waals surface area contributed by atoms with Crippen molar-refractivity contribution in [3.8, 4) is 0 Å².